The van der Waals surface area contributed by atoms with Gasteiger partial charge in [0.25, 0.3) is 0 Å². The monoisotopic (exact) mass is 321 g/mol. The molecular formula is C14H25Cl2N3O. The Balaban J connectivity index is 0. The number of hydrogen-bond donors (Lipinski definition) is 3. The van der Waals surface area contributed by atoms with Crippen molar-refractivity contribution in [3.63, 3.8) is 0 Å². The fourth-order valence-electron chi connectivity index (χ4n) is 1.22. The number of benzene rings is 1. The third-order valence-corrected chi connectivity index (χ3v) is 2.51. The zero-order valence-corrected chi connectivity index (χ0v) is 14.3. The van der Waals surface area contributed by atoms with Crippen molar-refractivity contribution in [2.24, 2.45) is 4.99 Å². The first kappa shape index (κ1) is 21.3. The molecule has 0 saturated heterocycles. The number of aliphatic hydroxyl groups is 1. The summed E-state index contributed by atoms with van der Waals surface area (Å²) in [4.78, 5) is 4.19. The van der Waals surface area contributed by atoms with E-state index in [1.165, 1.54) is 0 Å². The highest BCUT2D eigenvalue weighted by molar-refractivity contribution is 6.39. The van der Waals surface area contributed by atoms with E-state index in [-0.39, 0.29) is 0 Å². The molecule has 0 fully saturated rings. The minimum atomic E-state index is 0.592. The first-order valence-electron chi connectivity index (χ1n) is 6.71. The normalized spacial score (nSPS) is 11.3. The number of nitrogens with one attached hydrogen (secondary N) is 2. The van der Waals surface area contributed by atoms with Crippen LogP contribution in [0.3, 0.4) is 0 Å². The summed E-state index contributed by atoms with van der Waals surface area (Å²) in [5.41, 5.74) is 0.698. The van der Waals surface area contributed by atoms with Crippen LogP contribution in [-0.4, -0.2) is 31.3 Å². The van der Waals surface area contributed by atoms with Gasteiger partial charge in [0.05, 0.1) is 22.3 Å². The van der Waals surface area contributed by atoms with Gasteiger partial charge >= 0.3 is 0 Å². The van der Waals surface area contributed by atoms with Crippen LogP contribution in [-0.2, 0) is 0 Å². The number of para-hydroxylation sites is 1. The first-order valence-corrected chi connectivity index (χ1v) is 7.47. The Kier molecular flexibility index (Phi) is 15.4. The summed E-state index contributed by atoms with van der Waals surface area (Å²) in [7, 11) is 1.00. The van der Waals surface area contributed by atoms with Crippen LogP contribution < -0.4 is 10.6 Å². The van der Waals surface area contributed by atoms with Crippen LogP contribution in [0, 0.1) is 0 Å². The second-order valence-corrected chi connectivity index (χ2v) is 3.69. The van der Waals surface area contributed by atoms with Gasteiger partial charge in [0, 0.05) is 13.7 Å². The molecule has 0 atom stereocenters. The zero-order valence-electron chi connectivity index (χ0n) is 12.8. The highest BCUT2D eigenvalue weighted by Gasteiger charge is 2.09. The molecule has 1 aliphatic heterocycles. The van der Waals surface area contributed by atoms with Crippen molar-refractivity contribution in [3.05, 3.63) is 28.2 Å². The fourth-order valence-corrected chi connectivity index (χ4v) is 1.71. The van der Waals surface area contributed by atoms with Gasteiger partial charge in [-0.25, -0.2) is 0 Å². The lowest BCUT2D eigenvalue weighted by Gasteiger charge is -2.09. The number of aliphatic imine (C=N–C) groups is 1. The van der Waals surface area contributed by atoms with E-state index in [2.05, 4.69) is 15.6 Å². The number of hydrogen-bond acceptors (Lipinski definition) is 4. The third kappa shape index (κ3) is 7.58. The van der Waals surface area contributed by atoms with Gasteiger partial charge in [-0.15, -0.1) is 0 Å². The Morgan fingerprint density at radius 3 is 2.00 bits per heavy atom. The summed E-state index contributed by atoms with van der Waals surface area (Å²) in [5, 5.41) is 14.3. The van der Waals surface area contributed by atoms with Gasteiger partial charge in [0.1, 0.15) is 0 Å². The molecule has 0 aromatic heterocycles. The van der Waals surface area contributed by atoms with Gasteiger partial charge in [-0.3, -0.25) is 4.99 Å². The Morgan fingerprint density at radius 1 is 1.10 bits per heavy atom. The first-order chi connectivity index (χ1) is 9.77. The largest absolute Gasteiger partial charge is 0.400 e. The maximum Gasteiger partial charge on any atom is 0.196 e. The predicted octanol–water partition coefficient (Wildman–Crippen LogP) is 4.03. The van der Waals surface area contributed by atoms with Crippen molar-refractivity contribution in [1.29, 1.82) is 0 Å². The van der Waals surface area contributed by atoms with Crippen LogP contribution in [0.1, 0.15) is 27.7 Å². The summed E-state index contributed by atoms with van der Waals surface area (Å²) < 4.78 is 0. The lowest BCUT2D eigenvalue weighted by atomic mass is 10.3. The second-order valence-electron chi connectivity index (χ2n) is 2.88. The van der Waals surface area contributed by atoms with Crippen LogP contribution >= 0.6 is 23.2 Å². The number of halogens is 2. The molecule has 116 valence electrons. The van der Waals surface area contributed by atoms with Crippen molar-refractivity contribution in [2.45, 2.75) is 27.7 Å². The van der Waals surface area contributed by atoms with E-state index in [1.807, 2.05) is 27.7 Å². The van der Waals surface area contributed by atoms with Gasteiger partial charge < -0.3 is 15.7 Å². The molecular weight excluding hydrogens is 297 g/mol. The standard InChI is InChI=1S/C9H9Cl2N3.2C2H6.CH4O/c10-6-2-1-3-7(11)8(6)14-9-12-4-5-13-9;3*1-2/h1-3H,4-5H2,(H2,12,13,14);2*1-2H3;2H,1H3. The molecule has 0 aliphatic carbocycles. The Bertz CT molecular complexity index is 364. The molecule has 4 nitrogen and oxygen atoms in total. The summed E-state index contributed by atoms with van der Waals surface area (Å²) in [6, 6.07) is 5.37. The van der Waals surface area contributed by atoms with Gasteiger partial charge in [-0.05, 0) is 12.1 Å². The fraction of sp³-hybridized carbons (Fsp3) is 0.500. The molecule has 1 aliphatic rings. The maximum absolute atomic E-state index is 7.00. The molecule has 0 spiro atoms. The number of aliphatic hydroxyl groups excluding tert-OH is 1. The molecule has 3 N–H and O–H groups in total. The van der Waals surface area contributed by atoms with E-state index in [1.54, 1.807) is 18.2 Å². The Hall–Kier alpha value is -0.970. The van der Waals surface area contributed by atoms with Crippen molar-refractivity contribution in [2.75, 3.05) is 25.5 Å². The van der Waals surface area contributed by atoms with Crippen LogP contribution in [0.15, 0.2) is 23.2 Å². The molecule has 0 radical (unpaired) electrons. The van der Waals surface area contributed by atoms with Crippen molar-refractivity contribution in [3.8, 4) is 0 Å². The molecule has 2 rings (SSSR count). The minimum absolute atomic E-state index is 0.592. The number of guanidine groups is 1. The summed E-state index contributed by atoms with van der Waals surface area (Å²) in [5.74, 6) is 0.722. The van der Waals surface area contributed by atoms with E-state index < -0.39 is 0 Å². The number of rotatable bonds is 1. The highest BCUT2D eigenvalue weighted by Crippen LogP contribution is 2.29. The molecule has 0 amide bonds. The molecule has 6 heteroatoms. The molecule has 0 saturated carbocycles. The average Bonchev–Trinajstić information content (AvgIpc) is 3.03. The van der Waals surface area contributed by atoms with E-state index in [0.717, 1.165) is 26.2 Å². The topological polar surface area (TPSA) is 56.6 Å². The van der Waals surface area contributed by atoms with E-state index in [0.29, 0.717) is 15.7 Å². The van der Waals surface area contributed by atoms with Gasteiger partial charge in [-0.2, -0.15) is 0 Å². The summed E-state index contributed by atoms with van der Waals surface area (Å²) in [6.45, 7) is 9.63. The van der Waals surface area contributed by atoms with Crippen LogP contribution in [0.4, 0.5) is 5.69 Å². The molecule has 1 aromatic carbocycles. The minimum Gasteiger partial charge on any atom is -0.400 e. The Labute approximate surface area is 132 Å². The molecule has 1 heterocycles. The smallest absolute Gasteiger partial charge is 0.196 e. The highest BCUT2D eigenvalue weighted by atomic mass is 35.5. The molecule has 0 bridgehead atoms. The van der Waals surface area contributed by atoms with Gasteiger partial charge in [0.2, 0.25) is 0 Å². The van der Waals surface area contributed by atoms with Gasteiger partial charge in [-0.1, -0.05) is 57.0 Å². The quantitative estimate of drug-likeness (QED) is 0.732. The van der Waals surface area contributed by atoms with Crippen molar-refractivity contribution >= 4 is 34.8 Å². The van der Waals surface area contributed by atoms with Crippen molar-refractivity contribution in [1.82, 2.24) is 5.32 Å². The Morgan fingerprint density at radius 2 is 1.60 bits per heavy atom. The van der Waals surface area contributed by atoms with Crippen LogP contribution in [0.25, 0.3) is 0 Å². The van der Waals surface area contributed by atoms with Gasteiger partial charge in [0.15, 0.2) is 5.96 Å². The molecule has 0 unspecified atom stereocenters. The second kappa shape index (κ2) is 14.4. The summed E-state index contributed by atoms with van der Waals surface area (Å²) in [6.07, 6.45) is 0. The van der Waals surface area contributed by atoms with E-state index in [9.17, 15) is 0 Å². The van der Waals surface area contributed by atoms with E-state index in [4.69, 9.17) is 28.3 Å². The third-order valence-electron chi connectivity index (χ3n) is 1.88. The maximum atomic E-state index is 7.00. The lowest BCUT2D eigenvalue weighted by molar-refractivity contribution is 0.399. The number of anilines is 1. The SMILES string of the molecule is CC.CC.CO.Clc1cccc(Cl)c1NC1=NCCN1. The van der Waals surface area contributed by atoms with Crippen LogP contribution in [0.5, 0.6) is 0 Å². The molecule has 1 aromatic rings. The molecule has 20 heavy (non-hydrogen) atoms. The zero-order chi connectivity index (χ0) is 16.0. The average molecular weight is 322 g/mol. The number of nitrogens with zero attached hydrogens (tertiary/aromatic N) is 1. The predicted molar refractivity (Wildman–Crippen MR) is 91.2 cm³/mol. The lowest BCUT2D eigenvalue weighted by Crippen LogP contribution is -2.26. The summed E-state index contributed by atoms with van der Waals surface area (Å²) >= 11 is 12.0. The van der Waals surface area contributed by atoms with Crippen LogP contribution in [0.2, 0.25) is 10.0 Å². The van der Waals surface area contributed by atoms with Crippen molar-refractivity contribution < 1.29 is 5.11 Å². The van der Waals surface area contributed by atoms with E-state index >= 15 is 0 Å².